The molecule has 4 heterocycles. The van der Waals surface area contributed by atoms with Gasteiger partial charge in [-0.15, -0.1) is 11.3 Å². The Balaban J connectivity index is 1.55. The van der Waals surface area contributed by atoms with Crippen molar-refractivity contribution in [1.29, 1.82) is 0 Å². The summed E-state index contributed by atoms with van der Waals surface area (Å²) in [4.78, 5) is 17.2. The van der Waals surface area contributed by atoms with Gasteiger partial charge in [0.25, 0.3) is 0 Å². The molecule has 1 saturated heterocycles. The zero-order chi connectivity index (χ0) is 17.4. The Morgan fingerprint density at radius 3 is 2.68 bits per heavy atom. The number of piperazine rings is 1. The fourth-order valence-corrected chi connectivity index (χ4v) is 5.23. The Morgan fingerprint density at radius 1 is 1.16 bits per heavy atom. The van der Waals surface area contributed by atoms with E-state index in [1.54, 1.807) is 36.0 Å². The second-order valence-corrected chi connectivity index (χ2v) is 9.03. The van der Waals surface area contributed by atoms with Crippen LogP contribution in [0, 0.1) is 6.92 Å². The van der Waals surface area contributed by atoms with Crippen LogP contribution in [0.2, 0.25) is 0 Å². The number of anilines is 1. The molecular formula is C16H17N5O2S2. The number of rotatable bonds is 3. The lowest BCUT2D eigenvalue weighted by Crippen LogP contribution is -2.49. The van der Waals surface area contributed by atoms with Crippen LogP contribution in [0.1, 0.15) is 4.88 Å². The molecule has 130 valence electrons. The van der Waals surface area contributed by atoms with Gasteiger partial charge >= 0.3 is 0 Å². The third-order valence-electron chi connectivity index (χ3n) is 4.24. The maximum atomic E-state index is 12.7. The number of thiophene rings is 1. The van der Waals surface area contributed by atoms with Crippen LogP contribution >= 0.6 is 11.3 Å². The summed E-state index contributed by atoms with van der Waals surface area (Å²) < 4.78 is 26.9. The summed E-state index contributed by atoms with van der Waals surface area (Å²) in [5.74, 6) is 0.882. The maximum Gasteiger partial charge on any atom is 0.244 e. The summed E-state index contributed by atoms with van der Waals surface area (Å²) in [5, 5.41) is 1.04. The molecule has 0 aromatic carbocycles. The van der Waals surface area contributed by atoms with Crippen molar-refractivity contribution in [3.63, 3.8) is 0 Å². The third kappa shape index (κ3) is 2.99. The highest BCUT2D eigenvalue weighted by Crippen LogP contribution is 2.30. The Hall–Kier alpha value is -2.10. The van der Waals surface area contributed by atoms with E-state index in [-0.39, 0.29) is 4.90 Å². The molecule has 3 aromatic heterocycles. The van der Waals surface area contributed by atoms with Crippen molar-refractivity contribution in [2.24, 2.45) is 0 Å². The Bertz CT molecular complexity index is 996. The summed E-state index contributed by atoms with van der Waals surface area (Å²) in [6, 6.07) is 5.31. The van der Waals surface area contributed by atoms with Crippen LogP contribution in [-0.4, -0.2) is 53.9 Å². The Morgan fingerprint density at radius 2 is 1.96 bits per heavy atom. The van der Waals surface area contributed by atoms with Gasteiger partial charge in [-0.1, -0.05) is 0 Å². The molecule has 1 aliphatic rings. The summed E-state index contributed by atoms with van der Waals surface area (Å²) in [7, 11) is -3.49. The lowest BCUT2D eigenvalue weighted by molar-refractivity contribution is 0.384. The van der Waals surface area contributed by atoms with Gasteiger partial charge in [0.05, 0.1) is 5.39 Å². The molecule has 0 amide bonds. The van der Waals surface area contributed by atoms with Crippen LogP contribution in [0.25, 0.3) is 10.2 Å². The summed E-state index contributed by atoms with van der Waals surface area (Å²) in [6.07, 6.45) is 4.54. The van der Waals surface area contributed by atoms with Crippen molar-refractivity contribution in [3.8, 4) is 0 Å². The van der Waals surface area contributed by atoms with Gasteiger partial charge in [0.15, 0.2) is 0 Å². The molecule has 3 aromatic rings. The Kier molecular flexibility index (Phi) is 4.14. The lowest BCUT2D eigenvalue weighted by Gasteiger charge is -2.34. The van der Waals surface area contributed by atoms with Gasteiger partial charge < -0.3 is 4.90 Å². The largest absolute Gasteiger partial charge is 0.353 e. The van der Waals surface area contributed by atoms with Crippen molar-refractivity contribution in [3.05, 3.63) is 41.8 Å². The molecule has 0 bridgehead atoms. The van der Waals surface area contributed by atoms with Gasteiger partial charge in [-0.05, 0) is 25.1 Å². The molecule has 0 atom stereocenters. The average Bonchev–Trinajstić information content (AvgIpc) is 3.02. The summed E-state index contributed by atoms with van der Waals surface area (Å²) in [6.45, 7) is 4.09. The average molecular weight is 375 g/mol. The first kappa shape index (κ1) is 16.4. The molecule has 25 heavy (non-hydrogen) atoms. The fraction of sp³-hybridized carbons (Fsp3) is 0.312. The van der Waals surface area contributed by atoms with Crippen molar-refractivity contribution in [1.82, 2.24) is 19.3 Å². The molecule has 4 rings (SSSR count). The number of hydrogen-bond acceptors (Lipinski definition) is 7. The molecule has 9 heteroatoms. The van der Waals surface area contributed by atoms with E-state index in [2.05, 4.69) is 32.8 Å². The van der Waals surface area contributed by atoms with E-state index in [4.69, 9.17) is 0 Å². The van der Waals surface area contributed by atoms with E-state index in [1.807, 2.05) is 0 Å². The van der Waals surface area contributed by atoms with Crippen LogP contribution in [0.3, 0.4) is 0 Å². The molecule has 0 N–H and O–H groups in total. The van der Waals surface area contributed by atoms with E-state index in [0.717, 1.165) is 16.0 Å². The third-order valence-corrected chi connectivity index (χ3v) is 7.08. The van der Waals surface area contributed by atoms with E-state index in [1.165, 1.54) is 15.4 Å². The first-order chi connectivity index (χ1) is 12.1. The first-order valence-electron chi connectivity index (χ1n) is 7.92. The SMILES string of the molecule is Cc1cc2c(N3CCN(S(=O)(=O)c4cccnc4)CC3)ncnc2s1. The van der Waals surface area contributed by atoms with Crippen molar-refractivity contribution in [2.75, 3.05) is 31.1 Å². The van der Waals surface area contributed by atoms with E-state index in [0.29, 0.717) is 26.2 Å². The number of aromatic nitrogens is 3. The number of aryl methyl sites for hydroxylation is 1. The van der Waals surface area contributed by atoms with Gasteiger partial charge in [-0.25, -0.2) is 18.4 Å². The van der Waals surface area contributed by atoms with Crippen LogP contribution in [0.15, 0.2) is 41.8 Å². The number of fused-ring (bicyclic) bond motifs is 1. The quantitative estimate of drug-likeness (QED) is 0.696. The highest BCUT2D eigenvalue weighted by molar-refractivity contribution is 7.89. The molecule has 0 unspecified atom stereocenters. The predicted octanol–water partition coefficient (Wildman–Crippen LogP) is 1.91. The van der Waals surface area contributed by atoms with E-state index >= 15 is 0 Å². The highest BCUT2D eigenvalue weighted by atomic mass is 32.2. The van der Waals surface area contributed by atoms with Crippen LogP contribution in [0.5, 0.6) is 0 Å². The smallest absolute Gasteiger partial charge is 0.244 e. The van der Waals surface area contributed by atoms with Crippen LogP contribution in [-0.2, 0) is 10.0 Å². The summed E-state index contributed by atoms with van der Waals surface area (Å²) >= 11 is 1.64. The molecule has 0 aliphatic carbocycles. The second-order valence-electron chi connectivity index (χ2n) is 5.85. The minimum absolute atomic E-state index is 0.237. The Labute approximate surface area is 150 Å². The monoisotopic (exact) mass is 375 g/mol. The van der Waals surface area contributed by atoms with Crippen LogP contribution in [0.4, 0.5) is 5.82 Å². The minimum Gasteiger partial charge on any atom is -0.353 e. The van der Waals surface area contributed by atoms with Gasteiger partial charge in [0.1, 0.15) is 21.9 Å². The fourth-order valence-electron chi connectivity index (χ4n) is 3.00. The van der Waals surface area contributed by atoms with Gasteiger partial charge in [0.2, 0.25) is 10.0 Å². The van der Waals surface area contributed by atoms with Gasteiger partial charge in [-0.2, -0.15) is 4.31 Å². The van der Waals surface area contributed by atoms with E-state index < -0.39 is 10.0 Å². The topological polar surface area (TPSA) is 79.3 Å². The number of pyridine rings is 1. The van der Waals surface area contributed by atoms with Gasteiger partial charge in [0, 0.05) is 43.4 Å². The number of nitrogens with zero attached hydrogens (tertiary/aromatic N) is 5. The zero-order valence-electron chi connectivity index (χ0n) is 13.7. The van der Waals surface area contributed by atoms with Crippen LogP contribution < -0.4 is 4.90 Å². The number of hydrogen-bond donors (Lipinski definition) is 0. The molecule has 0 spiro atoms. The second kappa shape index (κ2) is 6.32. The number of sulfonamides is 1. The summed E-state index contributed by atoms with van der Waals surface area (Å²) in [5.41, 5.74) is 0. The lowest BCUT2D eigenvalue weighted by atomic mass is 10.3. The first-order valence-corrected chi connectivity index (χ1v) is 10.2. The maximum absolute atomic E-state index is 12.7. The van der Waals surface area contributed by atoms with Crippen molar-refractivity contribution >= 4 is 37.4 Å². The van der Waals surface area contributed by atoms with Gasteiger partial charge in [-0.3, -0.25) is 4.98 Å². The normalized spacial score (nSPS) is 16.4. The molecular weight excluding hydrogens is 358 g/mol. The molecule has 1 fully saturated rings. The van der Waals surface area contributed by atoms with Crippen molar-refractivity contribution < 1.29 is 8.42 Å². The molecule has 0 radical (unpaired) electrons. The molecule has 7 nitrogen and oxygen atoms in total. The standard InChI is InChI=1S/C16H17N5O2S2/c1-12-9-14-15(18-11-19-16(14)24-12)20-5-7-21(8-6-20)25(22,23)13-3-2-4-17-10-13/h2-4,9-11H,5-8H2,1H3. The highest BCUT2D eigenvalue weighted by Gasteiger charge is 2.29. The molecule has 0 saturated carbocycles. The van der Waals surface area contributed by atoms with E-state index in [9.17, 15) is 8.42 Å². The zero-order valence-corrected chi connectivity index (χ0v) is 15.3. The minimum atomic E-state index is -3.49. The van der Waals surface area contributed by atoms with Crippen molar-refractivity contribution in [2.45, 2.75) is 11.8 Å². The predicted molar refractivity (Wildman–Crippen MR) is 97.4 cm³/mol. The molecule has 1 aliphatic heterocycles.